The third-order valence-electron chi connectivity index (χ3n) is 3.65. The minimum atomic E-state index is -0.231. The van der Waals surface area contributed by atoms with Crippen molar-refractivity contribution >= 4 is 17.3 Å². The van der Waals surface area contributed by atoms with Gasteiger partial charge in [0, 0.05) is 12.2 Å². The summed E-state index contributed by atoms with van der Waals surface area (Å²) in [5.74, 6) is 0.682. The van der Waals surface area contributed by atoms with Crippen LogP contribution < -0.4 is 5.73 Å². The lowest BCUT2D eigenvalue weighted by molar-refractivity contribution is 0.00348. The molecular formula is C13H16ClN5O. The van der Waals surface area contributed by atoms with Crippen LogP contribution in [-0.4, -0.2) is 33.4 Å². The largest absolute Gasteiger partial charge is 0.398 e. The molecule has 0 radical (unpaired) electrons. The predicted molar refractivity (Wildman–Crippen MR) is 76.4 cm³/mol. The van der Waals surface area contributed by atoms with Gasteiger partial charge in [0.1, 0.15) is 0 Å². The molecule has 2 heterocycles. The van der Waals surface area contributed by atoms with E-state index in [1.165, 1.54) is 0 Å². The van der Waals surface area contributed by atoms with Gasteiger partial charge in [-0.15, -0.1) is 5.10 Å². The zero-order chi connectivity index (χ0) is 14.2. The zero-order valence-corrected chi connectivity index (χ0v) is 12.0. The van der Waals surface area contributed by atoms with Crippen molar-refractivity contribution in [1.29, 1.82) is 0 Å². The minimum absolute atomic E-state index is 0.231. The Morgan fingerprint density at radius 1 is 1.45 bits per heavy atom. The summed E-state index contributed by atoms with van der Waals surface area (Å²) in [5.41, 5.74) is 6.99. The normalized spacial score (nSPS) is 22.9. The van der Waals surface area contributed by atoms with E-state index in [0.717, 1.165) is 25.0 Å². The molecule has 3 rings (SSSR count). The quantitative estimate of drug-likeness (QED) is 0.858. The number of hydrogen-bond acceptors (Lipinski definition) is 5. The molecule has 1 atom stereocenters. The highest BCUT2D eigenvalue weighted by Gasteiger charge is 2.33. The summed E-state index contributed by atoms with van der Waals surface area (Å²) in [6.45, 7) is 3.50. The van der Waals surface area contributed by atoms with E-state index in [-0.39, 0.29) is 5.54 Å². The van der Waals surface area contributed by atoms with E-state index >= 15 is 0 Å². The summed E-state index contributed by atoms with van der Waals surface area (Å²) < 4.78 is 7.41. The van der Waals surface area contributed by atoms with Gasteiger partial charge in [-0.1, -0.05) is 11.6 Å². The highest BCUT2D eigenvalue weighted by atomic mass is 35.5. The highest BCUT2D eigenvalue weighted by molar-refractivity contribution is 6.33. The average molecular weight is 294 g/mol. The van der Waals surface area contributed by atoms with Crippen LogP contribution in [0.5, 0.6) is 0 Å². The molecule has 0 aliphatic carbocycles. The van der Waals surface area contributed by atoms with Gasteiger partial charge < -0.3 is 10.5 Å². The van der Waals surface area contributed by atoms with E-state index in [1.54, 1.807) is 12.1 Å². The fourth-order valence-electron chi connectivity index (χ4n) is 2.50. The number of rotatable bonds is 2. The van der Waals surface area contributed by atoms with Crippen LogP contribution in [0.1, 0.15) is 19.8 Å². The maximum absolute atomic E-state index is 5.95. The topological polar surface area (TPSA) is 78.9 Å². The molecule has 20 heavy (non-hydrogen) atoms. The molecule has 2 N–H and O–H groups in total. The first kappa shape index (κ1) is 13.3. The van der Waals surface area contributed by atoms with Crippen LogP contribution in [0.2, 0.25) is 5.02 Å². The molecule has 6 nitrogen and oxygen atoms in total. The van der Waals surface area contributed by atoms with E-state index in [2.05, 4.69) is 22.4 Å². The average Bonchev–Trinajstić information content (AvgIpc) is 2.93. The number of halogens is 1. The van der Waals surface area contributed by atoms with Gasteiger partial charge in [0.2, 0.25) is 0 Å². The standard InChI is InChI=1S/C13H16ClN5O/c1-13(5-2-6-20-8-13)19-12(16-17-18-19)9-3-4-10(14)11(15)7-9/h3-4,7H,2,5-6,8,15H2,1H3. The van der Waals surface area contributed by atoms with Gasteiger partial charge in [-0.25, -0.2) is 4.68 Å². The zero-order valence-electron chi connectivity index (χ0n) is 11.2. The molecule has 2 aromatic rings. The fraction of sp³-hybridized carbons (Fsp3) is 0.462. The molecule has 1 fully saturated rings. The van der Waals surface area contributed by atoms with Crippen LogP contribution in [0.4, 0.5) is 5.69 Å². The lowest BCUT2D eigenvalue weighted by atomic mass is 9.94. The van der Waals surface area contributed by atoms with Gasteiger partial charge in [0.05, 0.1) is 22.9 Å². The number of nitrogens with two attached hydrogens (primary N) is 1. The third kappa shape index (κ3) is 2.25. The number of tetrazole rings is 1. The number of ether oxygens (including phenoxy) is 1. The lowest BCUT2D eigenvalue weighted by Gasteiger charge is -2.33. The highest BCUT2D eigenvalue weighted by Crippen LogP contribution is 2.31. The maximum atomic E-state index is 5.95. The summed E-state index contributed by atoms with van der Waals surface area (Å²) >= 11 is 5.95. The van der Waals surface area contributed by atoms with Crippen molar-refractivity contribution in [2.75, 3.05) is 18.9 Å². The van der Waals surface area contributed by atoms with Crippen LogP contribution >= 0.6 is 11.6 Å². The summed E-state index contributed by atoms with van der Waals surface area (Å²) in [5, 5.41) is 12.6. The first-order chi connectivity index (χ1) is 9.60. The van der Waals surface area contributed by atoms with Gasteiger partial charge in [-0.2, -0.15) is 0 Å². The number of nitrogens with zero attached hydrogens (tertiary/aromatic N) is 4. The van der Waals surface area contributed by atoms with Gasteiger partial charge in [0.25, 0.3) is 0 Å². The van der Waals surface area contributed by atoms with Crippen molar-refractivity contribution in [3.05, 3.63) is 23.2 Å². The number of aromatic nitrogens is 4. The van der Waals surface area contributed by atoms with Gasteiger partial charge >= 0.3 is 0 Å². The predicted octanol–water partition coefficient (Wildman–Crippen LogP) is 2.10. The van der Waals surface area contributed by atoms with Crippen molar-refractivity contribution in [3.8, 4) is 11.4 Å². The van der Waals surface area contributed by atoms with Crippen LogP contribution in [0.3, 0.4) is 0 Å². The SMILES string of the molecule is CC1(n2nnnc2-c2ccc(Cl)c(N)c2)CCCOC1. The van der Waals surface area contributed by atoms with E-state index in [0.29, 0.717) is 23.1 Å². The Bertz CT molecular complexity index is 621. The minimum Gasteiger partial charge on any atom is -0.398 e. The Labute approximate surface area is 121 Å². The number of nitrogen functional groups attached to an aromatic ring is 1. The second kappa shape index (κ2) is 5.03. The first-order valence-electron chi connectivity index (χ1n) is 6.52. The molecular weight excluding hydrogens is 278 g/mol. The van der Waals surface area contributed by atoms with Gasteiger partial charge in [0.15, 0.2) is 5.82 Å². The van der Waals surface area contributed by atoms with Crippen molar-refractivity contribution in [1.82, 2.24) is 20.2 Å². The van der Waals surface area contributed by atoms with Crippen molar-refractivity contribution in [3.63, 3.8) is 0 Å². The Kier molecular flexibility index (Phi) is 3.35. The molecule has 106 valence electrons. The summed E-state index contributed by atoms with van der Waals surface area (Å²) in [6.07, 6.45) is 1.98. The van der Waals surface area contributed by atoms with Crippen molar-refractivity contribution in [2.24, 2.45) is 0 Å². The van der Waals surface area contributed by atoms with Crippen LogP contribution in [-0.2, 0) is 10.3 Å². The van der Waals surface area contributed by atoms with Crippen LogP contribution in [0.25, 0.3) is 11.4 Å². The van der Waals surface area contributed by atoms with Crippen LogP contribution in [0.15, 0.2) is 18.2 Å². The Morgan fingerprint density at radius 2 is 2.30 bits per heavy atom. The third-order valence-corrected chi connectivity index (χ3v) is 4.00. The monoisotopic (exact) mass is 293 g/mol. The molecule has 1 saturated heterocycles. The van der Waals surface area contributed by atoms with Crippen molar-refractivity contribution < 1.29 is 4.74 Å². The smallest absolute Gasteiger partial charge is 0.182 e. The first-order valence-corrected chi connectivity index (χ1v) is 6.90. The van der Waals surface area contributed by atoms with Gasteiger partial charge in [-0.3, -0.25) is 0 Å². The fourth-order valence-corrected chi connectivity index (χ4v) is 2.62. The molecule has 0 saturated carbocycles. The van der Waals surface area contributed by atoms with E-state index in [1.807, 2.05) is 10.7 Å². The number of hydrogen-bond donors (Lipinski definition) is 1. The molecule has 0 amide bonds. The van der Waals surface area contributed by atoms with E-state index in [9.17, 15) is 0 Å². The van der Waals surface area contributed by atoms with Gasteiger partial charge in [-0.05, 0) is 48.4 Å². The Morgan fingerprint density at radius 3 is 3.00 bits per heavy atom. The molecule has 1 aromatic carbocycles. The molecule has 0 spiro atoms. The molecule has 1 aromatic heterocycles. The second-order valence-corrected chi connectivity index (χ2v) is 5.71. The molecule has 7 heteroatoms. The van der Waals surface area contributed by atoms with Crippen LogP contribution in [0, 0.1) is 0 Å². The molecule has 1 unspecified atom stereocenters. The number of benzene rings is 1. The lowest BCUT2D eigenvalue weighted by Crippen LogP contribution is -2.40. The van der Waals surface area contributed by atoms with E-state index < -0.39 is 0 Å². The molecule has 1 aliphatic heterocycles. The van der Waals surface area contributed by atoms with E-state index in [4.69, 9.17) is 22.1 Å². The Balaban J connectivity index is 2.03. The maximum Gasteiger partial charge on any atom is 0.182 e. The molecule has 0 bridgehead atoms. The summed E-state index contributed by atoms with van der Waals surface area (Å²) in [6, 6.07) is 5.41. The summed E-state index contributed by atoms with van der Waals surface area (Å²) in [4.78, 5) is 0. The van der Waals surface area contributed by atoms with Crippen molar-refractivity contribution in [2.45, 2.75) is 25.3 Å². The Hall–Kier alpha value is -1.66. The summed E-state index contributed by atoms with van der Waals surface area (Å²) in [7, 11) is 0. The molecule has 1 aliphatic rings. The number of anilines is 1. The second-order valence-electron chi connectivity index (χ2n) is 5.30.